The molecule has 0 aliphatic carbocycles. The molecular formula is C27H32NS+. The summed E-state index contributed by atoms with van der Waals surface area (Å²) in [6, 6.07) is 14.3. The highest BCUT2D eigenvalue weighted by Gasteiger charge is 2.23. The maximum absolute atomic E-state index is 8.88. The first kappa shape index (κ1) is 18.8. The molecule has 2 heterocycles. The third kappa shape index (κ3) is 3.48. The number of thiophene rings is 1. The molecule has 0 radical (unpaired) electrons. The first-order valence-electron chi connectivity index (χ1n) is 11.1. The Morgan fingerprint density at radius 2 is 1.66 bits per heavy atom. The van der Waals surface area contributed by atoms with Crippen LogP contribution in [0.1, 0.15) is 51.8 Å². The molecule has 0 aliphatic rings. The van der Waals surface area contributed by atoms with Gasteiger partial charge in [-0.2, -0.15) is 4.57 Å². The standard InChI is InChI=1S/C27H32NS/c1-16(2)26(17(3)4)21-8-9-23-22(14-21)13-19(6)28(7)27(23)24-15-25-20(10-11-29-25)12-18(24)5/h8-17,26H,1-7H3/q+1/i13D. The number of hydrogen-bond donors (Lipinski definition) is 0. The largest absolute Gasteiger partial charge is 0.220 e. The van der Waals surface area contributed by atoms with Crippen LogP contribution in [0.4, 0.5) is 0 Å². The number of fused-ring (bicyclic) bond motifs is 2. The Labute approximate surface area is 180 Å². The number of benzene rings is 2. The Morgan fingerprint density at radius 1 is 0.931 bits per heavy atom. The third-order valence-electron chi connectivity index (χ3n) is 6.33. The van der Waals surface area contributed by atoms with Crippen molar-refractivity contribution >= 4 is 32.2 Å². The maximum atomic E-state index is 8.88. The van der Waals surface area contributed by atoms with Crippen LogP contribution in [-0.2, 0) is 7.05 Å². The van der Waals surface area contributed by atoms with E-state index in [-0.39, 0.29) is 0 Å². The summed E-state index contributed by atoms with van der Waals surface area (Å²) in [7, 11) is 2.10. The van der Waals surface area contributed by atoms with E-state index < -0.39 is 0 Å². The lowest BCUT2D eigenvalue weighted by molar-refractivity contribution is -0.665. The Balaban J connectivity index is 2.04. The number of nitrogens with zero attached hydrogens (tertiary/aromatic N) is 1. The minimum atomic E-state index is 0.496. The highest BCUT2D eigenvalue weighted by atomic mass is 32.1. The summed E-state index contributed by atoms with van der Waals surface area (Å²) in [6.07, 6.45) is 0. The summed E-state index contributed by atoms with van der Waals surface area (Å²) in [4.78, 5) is 0. The van der Waals surface area contributed by atoms with Crippen LogP contribution in [0.5, 0.6) is 0 Å². The summed E-state index contributed by atoms with van der Waals surface area (Å²) >= 11 is 1.79. The van der Waals surface area contributed by atoms with Gasteiger partial charge in [-0.05, 0) is 76.2 Å². The lowest BCUT2D eigenvalue weighted by atomic mass is 9.79. The van der Waals surface area contributed by atoms with Gasteiger partial charge in [-0.3, -0.25) is 0 Å². The molecule has 0 N–H and O–H groups in total. The molecule has 0 bridgehead atoms. The first-order valence-corrected chi connectivity index (χ1v) is 11.5. The van der Waals surface area contributed by atoms with Gasteiger partial charge in [0.15, 0.2) is 5.69 Å². The van der Waals surface area contributed by atoms with Crippen molar-refractivity contribution in [2.45, 2.75) is 47.5 Å². The molecule has 0 amide bonds. The van der Waals surface area contributed by atoms with E-state index in [1.165, 1.54) is 37.9 Å². The quantitative estimate of drug-likeness (QED) is 0.310. The number of aryl methyl sites for hydroxylation is 1. The van der Waals surface area contributed by atoms with Gasteiger partial charge in [0.2, 0.25) is 5.69 Å². The van der Waals surface area contributed by atoms with E-state index in [2.05, 4.69) is 94.9 Å². The fourth-order valence-electron chi connectivity index (χ4n) is 4.95. The van der Waals surface area contributed by atoms with Crippen LogP contribution in [0.15, 0.2) is 47.8 Å². The van der Waals surface area contributed by atoms with Crippen LogP contribution in [0, 0.1) is 25.7 Å². The highest BCUT2D eigenvalue weighted by molar-refractivity contribution is 7.17. The number of pyridine rings is 1. The van der Waals surface area contributed by atoms with Gasteiger partial charge in [-0.25, -0.2) is 0 Å². The molecular weight excluding hydrogens is 370 g/mol. The average Bonchev–Trinajstić information content (AvgIpc) is 3.13. The predicted molar refractivity (Wildman–Crippen MR) is 128 cm³/mol. The van der Waals surface area contributed by atoms with Crippen molar-refractivity contribution in [3.05, 3.63) is 64.6 Å². The zero-order valence-corrected chi connectivity index (χ0v) is 19.4. The lowest BCUT2D eigenvalue weighted by Gasteiger charge is -2.25. The normalized spacial score (nSPS) is 12.7. The topological polar surface area (TPSA) is 3.88 Å². The fourth-order valence-corrected chi connectivity index (χ4v) is 5.76. The SMILES string of the molecule is [2H]c1c(C)[n+](C)c(-c2cc3sccc3cc2C)c2ccc(C(C(C)C)C(C)C)cc12. The van der Waals surface area contributed by atoms with Crippen molar-refractivity contribution in [1.29, 1.82) is 0 Å². The molecule has 0 unspecified atom stereocenters. The summed E-state index contributed by atoms with van der Waals surface area (Å²) in [5.41, 5.74) is 6.11. The molecule has 0 fully saturated rings. The molecule has 2 heteroatoms. The van der Waals surface area contributed by atoms with Crippen molar-refractivity contribution in [3.8, 4) is 11.3 Å². The molecule has 0 spiro atoms. The fraction of sp³-hybridized carbons (Fsp3) is 0.370. The molecule has 2 aromatic heterocycles. The Morgan fingerprint density at radius 3 is 2.34 bits per heavy atom. The summed E-state index contributed by atoms with van der Waals surface area (Å²) in [5, 5.41) is 5.70. The van der Waals surface area contributed by atoms with Crippen LogP contribution in [0.3, 0.4) is 0 Å². The maximum Gasteiger partial charge on any atom is 0.220 e. The smallest absolute Gasteiger partial charge is 0.198 e. The van der Waals surface area contributed by atoms with Crippen molar-refractivity contribution in [3.63, 3.8) is 0 Å². The zero-order chi connectivity index (χ0) is 21.7. The van der Waals surface area contributed by atoms with Gasteiger partial charge in [-0.1, -0.05) is 39.8 Å². The van der Waals surface area contributed by atoms with E-state index in [1.807, 2.05) is 0 Å². The van der Waals surface area contributed by atoms with Crippen LogP contribution < -0.4 is 4.57 Å². The highest BCUT2D eigenvalue weighted by Crippen LogP contribution is 2.37. The second kappa shape index (κ2) is 7.57. The molecule has 0 atom stereocenters. The van der Waals surface area contributed by atoms with E-state index in [9.17, 15) is 0 Å². The van der Waals surface area contributed by atoms with E-state index in [0.29, 0.717) is 23.8 Å². The molecule has 0 saturated carbocycles. The minimum Gasteiger partial charge on any atom is -0.198 e. The van der Waals surface area contributed by atoms with Gasteiger partial charge >= 0.3 is 0 Å². The van der Waals surface area contributed by atoms with Crippen LogP contribution in [-0.4, -0.2) is 0 Å². The molecule has 4 aromatic rings. The summed E-state index contributed by atoms with van der Waals surface area (Å²) < 4.78 is 12.4. The molecule has 0 aliphatic heterocycles. The number of rotatable bonds is 4. The van der Waals surface area contributed by atoms with E-state index in [4.69, 9.17) is 1.37 Å². The molecule has 29 heavy (non-hydrogen) atoms. The van der Waals surface area contributed by atoms with Gasteiger partial charge in [-0.15, -0.1) is 11.3 Å². The second-order valence-corrected chi connectivity index (χ2v) is 10.0. The minimum absolute atomic E-state index is 0.496. The molecule has 2 aromatic carbocycles. The van der Waals surface area contributed by atoms with Gasteiger partial charge < -0.3 is 0 Å². The summed E-state index contributed by atoms with van der Waals surface area (Å²) in [6.45, 7) is 13.5. The Hall–Kier alpha value is -2.19. The van der Waals surface area contributed by atoms with Gasteiger partial charge in [0.25, 0.3) is 0 Å². The average molecular weight is 404 g/mol. The molecule has 150 valence electrons. The Bertz CT molecular complexity index is 1240. The van der Waals surface area contributed by atoms with E-state index in [1.54, 1.807) is 11.3 Å². The zero-order valence-electron chi connectivity index (χ0n) is 19.6. The van der Waals surface area contributed by atoms with E-state index >= 15 is 0 Å². The number of hydrogen-bond acceptors (Lipinski definition) is 1. The second-order valence-electron chi connectivity index (χ2n) is 9.06. The van der Waals surface area contributed by atoms with Crippen molar-refractivity contribution in [2.75, 3.05) is 0 Å². The summed E-state index contributed by atoms with van der Waals surface area (Å²) in [5.74, 6) is 1.64. The van der Waals surface area contributed by atoms with Crippen LogP contribution in [0.2, 0.25) is 0 Å². The van der Waals surface area contributed by atoms with Gasteiger partial charge in [0, 0.05) is 17.7 Å². The lowest BCUT2D eigenvalue weighted by Crippen LogP contribution is -2.35. The van der Waals surface area contributed by atoms with Crippen LogP contribution in [0.25, 0.3) is 32.1 Å². The van der Waals surface area contributed by atoms with Crippen LogP contribution >= 0.6 is 11.3 Å². The van der Waals surface area contributed by atoms with Gasteiger partial charge in [0.1, 0.15) is 7.05 Å². The third-order valence-corrected chi connectivity index (χ3v) is 7.21. The molecule has 0 saturated heterocycles. The van der Waals surface area contributed by atoms with E-state index in [0.717, 1.165) is 11.1 Å². The first-order chi connectivity index (χ1) is 14.2. The van der Waals surface area contributed by atoms with Crippen molar-refractivity contribution in [2.24, 2.45) is 18.9 Å². The predicted octanol–water partition coefficient (Wildman–Crippen LogP) is 7.56. The Kier molecular flexibility index (Phi) is 4.91. The number of aromatic nitrogens is 1. The molecule has 4 rings (SSSR count). The van der Waals surface area contributed by atoms with Crippen molar-refractivity contribution < 1.29 is 5.94 Å². The van der Waals surface area contributed by atoms with Gasteiger partial charge in [0.05, 0.1) is 12.3 Å². The monoisotopic (exact) mass is 403 g/mol. The molecule has 1 nitrogen and oxygen atoms in total. The van der Waals surface area contributed by atoms with Crippen molar-refractivity contribution in [1.82, 2.24) is 0 Å².